The molecule has 0 amide bonds. The Kier molecular flexibility index (Phi) is 2.45. The summed E-state index contributed by atoms with van der Waals surface area (Å²) in [6, 6.07) is 8.86. The molecule has 0 spiro atoms. The molecule has 0 radical (unpaired) electrons. The number of nitrogens with two attached hydrogens (primary N) is 1. The average Bonchev–Trinajstić information content (AvgIpc) is 2.31. The predicted octanol–water partition coefficient (Wildman–Crippen LogP) is 2.63. The minimum Gasteiger partial charge on any atom is -0.508 e. The topological polar surface area (TPSA) is 66.5 Å². The smallest absolute Gasteiger partial charge is 0.120 e. The second-order valence-corrected chi connectivity index (χ2v) is 5.20. The van der Waals surface area contributed by atoms with Crippen LogP contribution in [0.5, 0.6) is 11.5 Å². The Morgan fingerprint density at radius 2 is 1.83 bits per heavy atom. The van der Waals surface area contributed by atoms with Gasteiger partial charge in [-0.05, 0) is 41.8 Å². The molecule has 1 saturated carbocycles. The standard InChI is InChI=1S/C15H17NO2/c16-9-15(6-1-7-15)14-12-8-11(17)4-2-10(12)3-5-13(14)18/h2-5,8,17-18H,1,6-7,9,16H2. The fraction of sp³-hybridized carbons (Fsp3) is 0.333. The van der Waals surface area contributed by atoms with E-state index in [1.54, 1.807) is 18.2 Å². The monoisotopic (exact) mass is 243 g/mol. The molecule has 0 saturated heterocycles. The number of rotatable bonds is 2. The summed E-state index contributed by atoms with van der Waals surface area (Å²) in [6.07, 6.45) is 3.16. The molecule has 3 nitrogen and oxygen atoms in total. The molecule has 0 heterocycles. The van der Waals surface area contributed by atoms with Crippen LogP contribution in [0.1, 0.15) is 24.8 Å². The van der Waals surface area contributed by atoms with Gasteiger partial charge in [0, 0.05) is 17.5 Å². The number of hydrogen-bond acceptors (Lipinski definition) is 3. The second kappa shape index (κ2) is 3.89. The van der Waals surface area contributed by atoms with Crippen molar-refractivity contribution in [3.8, 4) is 11.5 Å². The van der Waals surface area contributed by atoms with E-state index < -0.39 is 0 Å². The molecule has 0 unspecified atom stereocenters. The van der Waals surface area contributed by atoms with E-state index in [2.05, 4.69) is 0 Å². The van der Waals surface area contributed by atoms with Gasteiger partial charge in [0.2, 0.25) is 0 Å². The highest BCUT2D eigenvalue weighted by molar-refractivity contribution is 5.90. The van der Waals surface area contributed by atoms with E-state index in [0.717, 1.165) is 35.6 Å². The van der Waals surface area contributed by atoms with E-state index in [0.29, 0.717) is 12.3 Å². The summed E-state index contributed by atoms with van der Waals surface area (Å²) in [5, 5.41) is 21.8. The van der Waals surface area contributed by atoms with Crippen LogP contribution in [0.3, 0.4) is 0 Å². The zero-order valence-electron chi connectivity index (χ0n) is 10.2. The van der Waals surface area contributed by atoms with Crippen molar-refractivity contribution in [1.29, 1.82) is 0 Å². The van der Waals surface area contributed by atoms with Crippen molar-refractivity contribution in [2.24, 2.45) is 5.73 Å². The molecule has 0 aliphatic heterocycles. The molecule has 3 rings (SSSR count). The highest BCUT2D eigenvalue weighted by Gasteiger charge is 2.40. The van der Waals surface area contributed by atoms with Crippen LogP contribution in [0, 0.1) is 0 Å². The molecule has 1 fully saturated rings. The molecule has 94 valence electrons. The van der Waals surface area contributed by atoms with Gasteiger partial charge in [0.05, 0.1) is 0 Å². The largest absolute Gasteiger partial charge is 0.508 e. The molecule has 1 aliphatic carbocycles. The second-order valence-electron chi connectivity index (χ2n) is 5.20. The van der Waals surface area contributed by atoms with Crippen molar-refractivity contribution in [3.05, 3.63) is 35.9 Å². The van der Waals surface area contributed by atoms with Crippen molar-refractivity contribution in [1.82, 2.24) is 0 Å². The molecule has 2 aromatic carbocycles. The summed E-state index contributed by atoms with van der Waals surface area (Å²) in [6.45, 7) is 0.537. The Morgan fingerprint density at radius 1 is 1.11 bits per heavy atom. The third-order valence-electron chi connectivity index (χ3n) is 4.21. The van der Waals surface area contributed by atoms with Crippen LogP contribution >= 0.6 is 0 Å². The molecule has 2 aromatic rings. The van der Waals surface area contributed by atoms with Crippen LogP contribution in [0.4, 0.5) is 0 Å². The summed E-state index contributed by atoms with van der Waals surface area (Å²) < 4.78 is 0. The van der Waals surface area contributed by atoms with Gasteiger partial charge in [-0.2, -0.15) is 0 Å². The van der Waals surface area contributed by atoms with E-state index in [1.165, 1.54) is 0 Å². The average molecular weight is 243 g/mol. The lowest BCUT2D eigenvalue weighted by Gasteiger charge is -2.42. The lowest BCUT2D eigenvalue weighted by atomic mass is 9.63. The SMILES string of the molecule is NCC1(c2c(O)ccc3ccc(O)cc23)CCC1. The van der Waals surface area contributed by atoms with Gasteiger partial charge in [0.15, 0.2) is 0 Å². The Balaban J connectivity index is 2.32. The fourth-order valence-electron chi connectivity index (χ4n) is 3.01. The zero-order valence-corrected chi connectivity index (χ0v) is 10.2. The maximum atomic E-state index is 10.2. The quantitative estimate of drug-likeness (QED) is 0.759. The van der Waals surface area contributed by atoms with Crippen molar-refractivity contribution >= 4 is 10.8 Å². The van der Waals surface area contributed by atoms with Gasteiger partial charge in [-0.25, -0.2) is 0 Å². The molecule has 0 atom stereocenters. The Hall–Kier alpha value is -1.74. The minimum absolute atomic E-state index is 0.114. The summed E-state index contributed by atoms with van der Waals surface area (Å²) in [7, 11) is 0. The van der Waals surface area contributed by atoms with Crippen LogP contribution in [-0.2, 0) is 5.41 Å². The van der Waals surface area contributed by atoms with Gasteiger partial charge in [0.25, 0.3) is 0 Å². The summed E-state index contributed by atoms with van der Waals surface area (Å²) >= 11 is 0. The zero-order chi connectivity index (χ0) is 12.8. The number of phenolic OH excluding ortho intramolecular Hbond substituents is 2. The van der Waals surface area contributed by atoms with Gasteiger partial charge >= 0.3 is 0 Å². The Morgan fingerprint density at radius 3 is 2.44 bits per heavy atom. The summed E-state index contributed by atoms with van der Waals surface area (Å²) in [5.41, 5.74) is 6.72. The first-order chi connectivity index (χ1) is 8.66. The maximum absolute atomic E-state index is 10.2. The van der Waals surface area contributed by atoms with Crippen molar-refractivity contribution in [3.63, 3.8) is 0 Å². The number of benzene rings is 2. The highest BCUT2D eigenvalue weighted by atomic mass is 16.3. The van der Waals surface area contributed by atoms with Gasteiger partial charge in [-0.15, -0.1) is 0 Å². The predicted molar refractivity (Wildman–Crippen MR) is 71.9 cm³/mol. The van der Waals surface area contributed by atoms with Crippen LogP contribution in [0.25, 0.3) is 10.8 Å². The van der Waals surface area contributed by atoms with E-state index in [9.17, 15) is 10.2 Å². The third-order valence-corrected chi connectivity index (χ3v) is 4.21. The van der Waals surface area contributed by atoms with Gasteiger partial charge in [-0.3, -0.25) is 0 Å². The number of hydrogen-bond donors (Lipinski definition) is 3. The van der Waals surface area contributed by atoms with Gasteiger partial charge < -0.3 is 15.9 Å². The van der Waals surface area contributed by atoms with E-state index in [1.807, 2.05) is 12.1 Å². The lowest BCUT2D eigenvalue weighted by molar-refractivity contribution is 0.247. The van der Waals surface area contributed by atoms with Crippen LogP contribution in [0.15, 0.2) is 30.3 Å². The number of aromatic hydroxyl groups is 2. The van der Waals surface area contributed by atoms with E-state index in [-0.39, 0.29) is 11.2 Å². The summed E-state index contributed by atoms with van der Waals surface area (Å²) in [4.78, 5) is 0. The van der Waals surface area contributed by atoms with Crippen molar-refractivity contribution < 1.29 is 10.2 Å². The third kappa shape index (κ3) is 1.47. The van der Waals surface area contributed by atoms with Gasteiger partial charge in [-0.1, -0.05) is 18.6 Å². The number of phenols is 2. The molecule has 0 aromatic heterocycles. The molecule has 1 aliphatic rings. The van der Waals surface area contributed by atoms with Gasteiger partial charge in [0.1, 0.15) is 11.5 Å². The van der Waals surface area contributed by atoms with E-state index in [4.69, 9.17) is 5.73 Å². The molecule has 18 heavy (non-hydrogen) atoms. The number of fused-ring (bicyclic) bond motifs is 1. The van der Waals surface area contributed by atoms with Crippen LogP contribution in [-0.4, -0.2) is 16.8 Å². The fourth-order valence-corrected chi connectivity index (χ4v) is 3.01. The molecule has 3 heteroatoms. The lowest BCUT2D eigenvalue weighted by Crippen LogP contribution is -2.41. The van der Waals surface area contributed by atoms with E-state index >= 15 is 0 Å². The van der Waals surface area contributed by atoms with Crippen LogP contribution < -0.4 is 5.73 Å². The highest BCUT2D eigenvalue weighted by Crippen LogP contribution is 2.49. The maximum Gasteiger partial charge on any atom is 0.120 e. The molecule has 4 N–H and O–H groups in total. The van der Waals surface area contributed by atoms with Crippen molar-refractivity contribution in [2.75, 3.05) is 6.54 Å². The minimum atomic E-state index is -0.114. The normalized spacial score (nSPS) is 17.6. The first kappa shape index (κ1) is 11.4. The van der Waals surface area contributed by atoms with Crippen molar-refractivity contribution in [2.45, 2.75) is 24.7 Å². The van der Waals surface area contributed by atoms with Crippen LogP contribution in [0.2, 0.25) is 0 Å². The molecular weight excluding hydrogens is 226 g/mol. The first-order valence-electron chi connectivity index (χ1n) is 6.31. The molecular formula is C15H17NO2. The molecule has 0 bridgehead atoms. The Labute approximate surface area is 106 Å². The summed E-state index contributed by atoms with van der Waals surface area (Å²) in [5.74, 6) is 0.513. The Bertz CT molecular complexity index is 592. The first-order valence-corrected chi connectivity index (χ1v) is 6.31.